The summed E-state index contributed by atoms with van der Waals surface area (Å²) in [5.74, 6) is 0.956. The third kappa shape index (κ3) is 3.88. The van der Waals surface area contributed by atoms with Crippen LogP contribution < -0.4 is 15.4 Å². The van der Waals surface area contributed by atoms with E-state index in [1.54, 1.807) is 12.1 Å². The normalized spacial score (nSPS) is 16.4. The number of nitro benzene ring substituents is 1. The smallest absolute Gasteiger partial charge is 0.315 e. The fourth-order valence-corrected chi connectivity index (χ4v) is 2.92. The van der Waals surface area contributed by atoms with Gasteiger partial charge in [-0.25, -0.2) is 4.79 Å². The molecule has 0 unspecified atom stereocenters. The predicted octanol–water partition coefficient (Wildman–Crippen LogP) is 2.96. The molecule has 0 radical (unpaired) electrons. The molecule has 2 N–H and O–H groups in total. The van der Waals surface area contributed by atoms with Crippen LogP contribution in [0.15, 0.2) is 48.5 Å². The number of urea groups is 1. The molecule has 1 aliphatic rings. The maximum atomic E-state index is 12.1. The molecule has 0 bridgehead atoms. The number of carbonyl (C=O) groups excluding carboxylic acids is 1. The highest BCUT2D eigenvalue weighted by atomic mass is 16.6. The van der Waals surface area contributed by atoms with E-state index in [4.69, 9.17) is 4.74 Å². The standard InChI is InChI=1S/C18H19N3O4/c1-12(16-11-25-17-8-3-2-7-15(16)17)20-18(22)19-10-13-5-4-6-14(9-13)21(23)24/h2-9,12,16H,10-11H2,1H3,(H2,19,20,22)/t12-,16+/m1/s1. The molecule has 0 spiro atoms. The lowest BCUT2D eigenvalue weighted by Crippen LogP contribution is -2.43. The zero-order valence-corrected chi connectivity index (χ0v) is 13.8. The van der Waals surface area contributed by atoms with Crippen molar-refractivity contribution in [2.75, 3.05) is 6.61 Å². The van der Waals surface area contributed by atoms with Gasteiger partial charge in [-0.05, 0) is 18.6 Å². The van der Waals surface area contributed by atoms with E-state index >= 15 is 0 Å². The maximum Gasteiger partial charge on any atom is 0.315 e. The van der Waals surface area contributed by atoms with Crippen LogP contribution in [-0.4, -0.2) is 23.6 Å². The summed E-state index contributed by atoms with van der Waals surface area (Å²) in [6.07, 6.45) is 0. The lowest BCUT2D eigenvalue weighted by molar-refractivity contribution is -0.384. The monoisotopic (exact) mass is 341 g/mol. The molecule has 0 saturated heterocycles. The molecular weight excluding hydrogens is 322 g/mol. The van der Waals surface area contributed by atoms with Crippen molar-refractivity contribution in [2.24, 2.45) is 0 Å². The van der Waals surface area contributed by atoms with Crippen molar-refractivity contribution in [1.29, 1.82) is 0 Å². The van der Waals surface area contributed by atoms with Gasteiger partial charge in [-0.1, -0.05) is 30.3 Å². The second-order valence-corrected chi connectivity index (χ2v) is 6.00. The van der Waals surface area contributed by atoms with E-state index in [0.29, 0.717) is 12.2 Å². The summed E-state index contributed by atoms with van der Waals surface area (Å²) >= 11 is 0. The summed E-state index contributed by atoms with van der Waals surface area (Å²) in [6.45, 7) is 2.69. The molecule has 130 valence electrons. The molecule has 2 atom stereocenters. The van der Waals surface area contributed by atoms with Crippen LogP contribution in [0.3, 0.4) is 0 Å². The van der Waals surface area contributed by atoms with Crippen molar-refractivity contribution in [3.8, 4) is 5.75 Å². The molecule has 1 heterocycles. The average molecular weight is 341 g/mol. The van der Waals surface area contributed by atoms with Crippen molar-refractivity contribution in [1.82, 2.24) is 10.6 Å². The number of nitro groups is 1. The number of hydrogen-bond acceptors (Lipinski definition) is 4. The van der Waals surface area contributed by atoms with Crippen LogP contribution in [0.1, 0.15) is 24.0 Å². The van der Waals surface area contributed by atoms with Crippen molar-refractivity contribution < 1.29 is 14.5 Å². The van der Waals surface area contributed by atoms with Crippen LogP contribution in [0, 0.1) is 10.1 Å². The molecule has 1 aliphatic heterocycles. The van der Waals surface area contributed by atoms with Crippen molar-refractivity contribution in [3.05, 3.63) is 69.8 Å². The Kier molecular flexibility index (Phi) is 4.83. The third-order valence-electron chi connectivity index (χ3n) is 4.27. The van der Waals surface area contributed by atoms with E-state index < -0.39 is 4.92 Å². The molecule has 25 heavy (non-hydrogen) atoms. The number of benzene rings is 2. The molecule has 7 nitrogen and oxygen atoms in total. The van der Waals surface area contributed by atoms with Crippen molar-refractivity contribution in [2.45, 2.75) is 25.4 Å². The van der Waals surface area contributed by atoms with Gasteiger partial charge in [-0.3, -0.25) is 10.1 Å². The molecular formula is C18H19N3O4. The molecule has 7 heteroatoms. The highest BCUT2D eigenvalue weighted by Crippen LogP contribution is 2.35. The number of para-hydroxylation sites is 1. The fraction of sp³-hybridized carbons (Fsp3) is 0.278. The highest BCUT2D eigenvalue weighted by Gasteiger charge is 2.29. The van der Waals surface area contributed by atoms with Crippen LogP contribution in [0.5, 0.6) is 5.75 Å². The van der Waals surface area contributed by atoms with Gasteiger partial charge in [-0.2, -0.15) is 0 Å². The number of non-ortho nitro benzene ring substituents is 1. The first kappa shape index (κ1) is 16.8. The molecule has 2 aromatic carbocycles. The van der Waals surface area contributed by atoms with E-state index in [0.717, 1.165) is 11.3 Å². The molecule has 0 aliphatic carbocycles. The summed E-state index contributed by atoms with van der Waals surface area (Å²) in [6, 6.07) is 13.6. The minimum atomic E-state index is -0.455. The van der Waals surface area contributed by atoms with E-state index in [-0.39, 0.29) is 30.2 Å². The van der Waals surface area contributed by atoms with Crippen molar-refractivity contribution in [3.63, 3.8) is 0 Å². The van der Waals surface area contributed by atoms with E-state index in [1.165, 1.54) is 12.1 Å². The maximum absolute atomic E-state index is 12.1. The number of fused-ring (bicyclic) bond motifs is 1. The SMILES string of the molecule is C[C@@H](NC(=O)NCc1cccc([N+](=O)[O-])c1)[C@@H]1COc2ccccc21. The lowest BCUT2D eigenvalue weighted by atomic mass is 9.94. The van der Waals surface area contributed by atoms with Gasteiger partial charge in [0.05, 0.1) is 11.5 Å². The van der Waals surface area contributed by atoms with Gasteiger partial charge in [0.1, 0.15) is 5.75 Å². The van der Waals surface area contributed by atoms with Crippen LogP contribution >= 0.6 is 0 Å². The van der Waals surface area contributed by atoms with Gasteiger partial charge in [0.25, 0.3) is 5.69 Å². The molecule has 0 fully saturated rings. The van der Waals surface area contributed by atoms with Gasteiger partial charge < -0.3 is 15.4 Å². The largest absolute Gasteiger partial charge is 0.493 e. The van der Waals surface area contributed by atoms with E-state index in [2.05, 4.69) is 10.6 Å². The summed E-state index contributed by atoms with van der Waals surface area (Å²) in [7, 11) is 0. The lowest BCUT2D eigenvalue weighted by Gasteiger charge is -2.20. The quantitative estimate of drug-likeness (QED) is 0.646. The fourth-order valence-electron chi connectivity index (χ4n) is 2.92. The second kappa shape index (κ2) is 7.21. The zero-order chi connectivity index (χ0) is 17.8. The molecule has 0 saturated carbocycles. The first-order chi connectivity index (χ1) is 12.0. The summed E-state index contributed by atoms with van der Waals surface area (Å²) in [5.41, 5.74) is 1.77. The average Bonchev–Trinajstić information content (AvgIpc) is 3.04. The molecule has 3 rings (SSSR count). The molecule has 2 amide bonds. The minimum Gasteiger partial charge on any atom is -0.493 e. The Balaban J connectivity index is 1.55. The third-order valence-corrected chi connectivity index (χ3v) is 4.27. The number of rotatable bonds is 5. The van der Waals surface area contributed by atoms with Gasteiger partial charge >= 0.3 is 6.03 Å². The van der Waals surface area contributed by atoms with E-state index in [9.17, 15) is 14.9 Å². The summed E-state index contributed by atoms with van der Waals surface area (Å²) in [4.78, 5) is 22.4. The number of carbonyl (C=O) groups is 1. The topological polar surface area (TPSA) is 93.5 Å². The molecule has 0 aromatic heterocycles. The zero-order valence-electron chi connectivity index (χ0n) is 13.8. The van der Waals surface area contributed by atoms with Crippen LogP contribution in [0.2, 0.25) is 0 Å². The van der Waals surface area contributed by atoms with Gasteiger partial charge in [0, 0.05) is 36.2 Å². The van der Waals surface area contributed by atoms with Crippen molar-refractivity contribution >= 4 is 11.7 Å². The predicted molar refractivity (Wildman–Crippen MR) is 92.6 cm³/mol. The number of nitrogens with zero attached hydrogens (tertiary/aromatic N) is 1. The Morgan fingerprint density at radius 1 is 1.32 bits per heavy atom. The van der Waals surface area contributed by atoms with Gasteiger partial charge in [0.15, 0.2) is 0 Å². The minimum absolute atomic E-state index is 0.00721. The Bertz CT molecular complexity index is 793. The number of ether oxygens (including phenoxy) is 1. The highest BCUT2D eigenvalue weighted by molar-refractivity contribution is 5.74. The van der Waals surface area contributed by atoms with Crippen LogP contribution in [0.4, 0.5) is 10.5 Å². The molecule has 2 aromatic rings. The Morgan fingerprint density at radius 2 is 2.12 bits per heavy atom. The second-order valence-electron chi connectivity index (χ2n) is 6.00. The number of amides is 2. The van der Waals surface area contributed by atoms with Gasteiger partial charge in [0.2, 0.25) is 0 Å². The van der Waals surface area contributed by atoms with Crippen LogP contribution in [-0.2, 0) is 6.54 Å². The number of nitrogens with one attached hydrogen (secondary N) is 2. The summed E-state index contributed by atoms with van der Waals surface area (Å²) < 4.78 is 5.64. The first-order valence-corrected chi connectivity index (χ1v) is 8.04. The Morgan fingerprint density at radius 3 is 2.92 bits per heavy atom. The first-order valence-electron chi connectivity index (χ1n) is 8.04. The van der Waals surface area contributed by atoms with Gasteiger partial charge in [-0.15, -0.1) is 0 Å². The van der Waals surface area contributed by atoms with E-state index in [1.807, 2.05) is 31.2 Å². The Hall–Kier alpha value is -3.09. The Labute approximate surface area is 145 Å². The number of hydrogen-bond donors (Lipinski definition) is 2. The summed E-state index contributed by atoms with van der Waals surface area (Å²) in [5, 5.41) is 16.4. The van der Waals surface area contributed by atoms with Crippen LogP contribution in [0.25, 0.3) is 0 Å².